The van der Waals surface area contributed by atoms with Gasteiger partial charge in [-0.25, -0.2) is 4.79 Å². The number of hydrogen-bond donors (Lipinski definition) is 3. The third-order valence-electron chi connectivity index (χ3n) is 3.62. The Kier molecular flexibility index (Phi) is 4.26. The molecule has 1 aromatic heterocycles. The van der Waals surface area contributed by atoms with E-state index in [2.05, 4.69) is 32.7 Å². The molecule has 2 amide bonds. The predicted octanol–water partition coefficient (Wildman–Crippen LogP) is 0.918. The molecular weight excluding hydrogens is 278 g/mol. The summed E-state index contributed by atoms with van der Waals surface area (Å²) < 4.78 is 0. The Bertz CT molecular complexity index is 721. The molecule has 1 unspecified atom stereocenters. The summed E-state index contributed by atoms with van der Waals surface area (Å²) in [5, 5.41) is 14.1. The van der Waals surface area contributed by atoms with Crippen LogP contribution < -0.4 is 10.6 Å². The van der Waals surface area contributed by atoms with Crippen LogP contribution >= 0.6 is 0 Å². The topological polar surface area (TPSA) is 73.0 Å². The number of nitrogens with one attached hydrogen (secondary N) is 3. The van der Waals surface area contributed by atoms with Crippen LogP contribution in [-0.4, -0.2) is 53.3 Å². The minimum atomic E-state index is -0.192. The fraction of sp³-hybridized carbons (Fsp3) is 0.375. The van der Waals surface area contributed by atoms with Gasteiger partial charge in [-0.1, -0.05) is 11.8 Å². The first kappa shape index (κ1) is 14.4. The molecule has 114 valence electrons. The lowest BCUT2D eigenvalue weighted by Gasteiger charge is -2.28. The van der Waals surface area contributed by atoms with Crippen LogP contribution in [0.25, 0.3) is 10.9 Å². The van der Waals surface area contributed by atoms with Gasteiger partial charge in [0, 0.05) is 37.1 Å². The zero-order valence-corrected chi connectivity index (χ0v) is 12.5. The number of carbonyl (C=O) groups excluding carboxylic acids is 1. The van der Waals surface area contributed by atoms with Crippen molar-refractivity contribution in [1.82, 2.24) is 25.7 Å². The molecule has 6 heteroatoms. The number of hydrogen-bond acceptors (Lipinski definition) is 3. The fourth-order valence-corrected chi connectivity index (χ4v) is 2.39. The number of nitrogens with zero attached hydrogens (tertiary/aromatic N) is 2. The average Bonchev–Trinajstić information content (AvgIpc) is 3.01. The van der Waals surface area contributed by atoms with E-state index in [1.807, 2.05) is 30.0 Å². The molecule has 1 aromatic carbocycles. The van der Waals surface area contributed by atoms with Crippen molar-refractivity contribution in [2.24, 2.45) is 0 Å². The molecule has 0 spiro atoms. The highest BCUT2D eigenvalue weighted by Crippen LogP contribution is 2.11. The van der Waals surface area contributed by atoms with Gasteiger partial charge in [-0.3, -0.25) is 5.10 Å². The third kappa shape index (κ3) is 3.38. The van der Waals surface area contributed by atoms with Crippen LogP contribution in [0.3, 0.4) is 0 Å². The zero-order valence-electron chi connectivity index (χ0n) is 12.5. The zero-order chi connectivity index (χ0) is 15.4. The van der Waals surface area contributed by atoms with E-state index in [4.69, 9.17) is 0 Å². The SMILES string of the molecule is CC(C#Cc1ccc2[nH]ncc2c1)NC(=O)N1CCNCC1. The second kappa shape index (κ2) is 6.50. The van der Waals surface area contributed by atoms with Crippen molar-refractivity contribution in [2.45, 2.75) is 13.0 Å². The van der Waals surface area contributed by atoms with Crippen molar-refractivity contribution < 1.29 is 4.79 Å². The van der Waals surface area contributed by atoms with Crippen LogP contribution in [-0.2, 0) is 0 Å². The first-order chi connectivity index (χ1) is 10.7. The number of aromatic nitrogens is 2. The molecule has 0 aliphatic carbocycles. The van der Waals surface area contributed by atoms with Gasteiger partial charge in [-0.15, -0.1) is 0 Å². The van der Waals surface area contributed by atoms with E-state index in [-0.39, 0.29) is 12.1 Å². The quantitative estimate of drug-likeness (QED) is 0.685. The number of fused-ring (bicyclic) bond motifs is 1. The average molecular weight is 297 g/mol. The summed E-state index contributed by atoms with van der Waals surface area (Å²) in [5.41, 5.74) is 1.91. The van der Waals surface area contributed by atoms with Crippen molar-refractivity contribution in [2.75, 3.05) is 26.2 Å². The first-order valence-electron chi connectivity index (χ1n) is 7.43. The van der Waals surface area contributed by atoms with E-state index in [9.17, 15) is 4.79 Å². The van der Waals surface area contributed by atoms with Crippen molar-refractivity contribution in [3.63, 3.8) is 0 Å². The smallest absolute Gasteiger partial charge is 0.318 e. The molecule has 6 nitrogen and oxygen atoms in total. The minimum absolute atomic E-state index is 0.0476. The van der Waals surface area contributed by atoms with Crippen LogP contribution in [0.15, 0.2) is 24.4 Å². The van der Waals surface area contributed by atoms with Crippen LogP contribution in [0.2, 0.25) is 0 Å². The highest BCUT2D eigenvalue weighted by Gasteiger charge is 2.16. The predicted molar refractivity (Wildman–Crippen MR) is 85.4 cm³/mol. The summed E-state index contributed by atoms with van der Waals surface area (Å²) in [4.78, 5) is 13.9. The summed E-state index contributed by atoms with van der Waals surface area (Å²) in [6.45, 7) is 5.06. The maximum atomic E-state index is 12.1. The Morgan fingerprint density at radius 1 is 1.41 bits per heavy atom. The number of H-pyrrole nitrogens is 1. The van der Waals surface area contributed by atoms with Crippen molar-refractivity contribution in [1.29, 1.82) is 0 Å². The highest BCUT2D eigenvalue weighted by atomic mass is 16.2. The number of rotatable bonds is 1. The maximum absolute atomic E-state index is 12.1. The van der Waals surface area contributed by atoms with E-state index in [1.54, 1.807) is 6.20 Å². The summed E-state index contributed by atoms with van der Waals surface area (Å²) in [7, 11) is 0. The molecule has 1 aliphatic heterocycles. The number of piperazine rings is 1. The number of benzene rings is 1. The summed E-state index contributed by atoms with van der Waals surface area (Å²) in [6, 6.07) is 5.64. The molecule has 1 aliphatic rings. The molecule has 1 atom stereocenters. The molecule has 0 bridgehead atoms. The summed E-state index contributed by atoms with van der Waals surface area (Å²) >= 11 is 0. The normalized spacial score (nSPS) is 16.0. The third-order valence-corrected chi connectivity index (χ3v) is 3.62. The van der Waals surface area contributed by atoms with Gasteiger partial charge in [0.2, 0.25) is 0 Å². The Balaban J connectivity index is 1.61. The van der Waals surface area contributed by atoms with Crippen LogP contribution in [0.1, 0.15) is 12.5 Å². The molecule has 22 heavy (non-hydrogen) atoms. The van der Waals surface area contributed by atoms with E-state index in [1.165, 1.54) is 0 Å². The molecule has 2 heterocycles. The van der Waals surface area contributed by atoms with E-state index >= 15 is 0 Å². The van der Waals surface area contributed by atoms with E-state index < -0.39 is 0 Å². The monoisotopic (exact) mass is 297 g/mol. The molecule has 0 radical (unpaired) electrons. The van der Waals surface area contributed by atoms with Gasteiger partial charge in [-0.05, 0) is 25.1 Å². The molecule has 0 saturated carbocycles. The Labute approximate surface area is 129 Å². The van der Waals surface area contributed by atoms with E-state index in [0.717, 1.165) is 42.6 Å². The fourth-order valence-electron chi connectivity index (χ4n) is 2.39. The number of carbonyl (C=O) groups is 1. The molecule has 2 aromatic rings. The van der Waals surface area contributed by atoms with Crippen LogP contribution in [0, 0.1) is 11.8 Å². The van der Waals surface area contributed by atoms with Crippen molar-refractivity contribution >= 4 is 16.9 Å². The highest BCUT2D eigenvalue weighted by molar-refractivity contribution is 5.79. The summed E-state index contributed by atoms with van der Waals surface area (Å²) in [6.07, 6.45) is 1.77. The van der Waals surface area contributed by atoms with Gasteiger partial charge >= 0.3 is 6.03 Å². The van der Waals surface area contributed by atoms with Gasteiger partial charge in [0.25, 0.3) is 0 Å². The Morgan fingerprint density at radius 2 is 2.23 bits per heavy atom. The number of aromatic amines is 1. The summed E-state index contributed by atoms with van der Waals surface area (Å²) in [5.74, 6) is 6.17. The molecule has 3 N–H and O–H groups in total. The van der Waals surface area contributed by atoms with Gasteiger partial charge in [-0.2, -0.15) is 5.10 Å². The Hall–Kier alpha value is -2.52. The Morgan fingerprint density at radius 3 is 3.05 bits per heavy atom. The first-order valence-corrected chi connectivity index (χ1v) is 7.43. The largest absolute Gasteiger partial charge is 0.325 e. The lowest BCUT2D eigenvalue weighted by atomic mass is 10.1. The van der Waals surface area contributed by atoms with Gasteiger partial charge in [0.15, 0.2) is 0 Å². The van der Waals surface area contributed by atoms with Crippen LogP contribution in [0.4, 0.5) is 4.79 Å². The maximum Gasteiger partial charge on any atom is 0.318 e. The molecule has 3 rings (SSSR count). The second-order valence-corrected chi connectivity index (χ2v) is 5.35. The standard InChI is InChI=1S/C16H19N5O/c1-12(19-16(22)21-8-6-17-7-9-21)2-3-13-4-5-15-14(10-13)11-18-20-15/h4-5,10-12,17H,6-9H2,1H3,(H,18,20)(H,19,22). The van der Waals surface area contributed by atoms with Crippen molar-refractivity contribution in [3.05, 3.63) is 30.0 Å². The lowest BCUT2D eigenvalue weighted by Crippen LogP contribution is -2.51. The molecular formula is C16H19N5O. The number of urea groups is 1. The van der Waals surface area contributed by atoms with Gasteiger partial charge in [0.1, 0.15) is 0 Å². The van der Waals surface area contributed by atoms with Crippen molar-refractivity contribution in [3.8, 4) is 11.8 Å². The molecule has 1 fully saturated rings. The van der Waals surface area contributed by atoms with E-state index in [0.29, 0.717) is 0 Å². The lowest BCUT2D eigenvalue weighted by molar-refractivity contribution is 0.189. The van der Waals surface area contributed by atoms with Crippen LogP contribution in [0.5, 0.6) is 0 Å². The molecule has 1 saturated heterocycles. The minimum Gasteiger partial charge on any atom is -0.325 e. The number of amides is 2. The van der Waals surface area contributed by atoms with Gasteiger partial charge < -0.3 is 15.5 Å². The second-order valence-electron chi connectivity index (χ2n) is 5.35. The van der Waals surface area contributed by atoms with Gasteiger partial charge in [0.05, 0.1) is 17.8 Å².